The first-order chi connectivity index (χ1) is 19.1. The van der Waals surface area contributed by atoms with Crippen molar-refractivity contribution in [3.8, 4) is 0 Å². The molecule has 0 amide bonds. The summed E-state index contributed by atoms with van der Waals surface area (Å²) in [5.41, 5.74) is -1.78. The van der Waals surface area contributed by atoms with E-state index in [2.05, 4.69) is 4.98 Å². The number of aliphatic carboxylic acids is 1. The highest BCUT2D eigenvalue weighted by molar-refractivity contribution is 6.05. The van der Waals surface area contributed by atoms with Gasteiger partial charge in [-0.2, -0.15) is 0 Å². The summed E-state index contributed by atoms with van der Waals surface area (Å²) in [4.78, 5) is 46.8. The molecule has 1 aromatic heterocycles. The second-order valence-electron chi connectivity index (χ2n) is 9.97. The fraction of sp³-hybridized carbons (Fsp3) is 0.310. The molecule has 1 aliphatic heterocycles. The summed E-state index contributed by atoms with van der Waals surface area (Å²) in [7, 11) is 1.19. The SMILES string of the molecule is COC(=O)C1(c2ccc(Cn3ccnc3)cc2)C(c2cccc([N+](=O)[O-])c2)C(C(=O)O)C(C)=NC1(C)CC=CF. The number of methoxy groups -OCH3 is 1. The predicted molar refractivity (Wildman–Crippen MR) is 145 cm³/mol. The monoisotopic (exact) mass is 548 g/mol. The van der Waals surface area contributed by atoms with Crippen molar-refractivity contribution in [2.75, 3.05) is 7.11 Å². The predicted octanol–water partition coefficient (Wildman–Crippen LogP) is 4.84. The number of carbonyl (C=O) groups excluding carboxylic acids is 1. The van der Waals surface area contributed by atoms with E-state index in [9.17, 15) is 29.2 Å². The van der Waals surface area contributed by atoms with Crippen LogP contribution in [-0.4, -0.2) is 49.9 Å². The van der Waals surface area contributed by atoms with Gasteiger partial charge in [0, 0.05) is 42.7 Å². The maximum absolute atomic E-state index is 14.1. The molecule has 0 spiro atoms. The Morgan fingerprint density at radius 2 is 1.98 bits per heavy atom. The Balaban J connectivity index is 2.06. The lowest BCUT2D eigenvalue weighted by molar-refractivity contribution is -0.385. The number of halogens is 1. The molecule has 2 aromatic carbocycles. The molecule has 3 aromatic rings. The first-order valence-corrected chi connectivity index (χ1v) is 12.5. The Bertz CT molecular complexity index is 1470. The Labute approximate surface area is 230 Å². The summed E-state index contributed by atoms with van der Waals surface area (Å²) in [6, 6.07) is 12.6. The van der Waals surface area contributed by atoms with Crippen LogP contribution in [0, 0.1) is 16.0 Å². The van der Waals surface area contributed by atoms with Gasteiger partial charge in [-0.25, -0.2) is 9.37 Å². The van der Waals surface area contributed by atoms with E-state index in [4.69, 9.17) is 9.73 Å². The number of non-ortho nitro benzene ring substituents is 1. The van der Waals surface area contributed by atoms with Crippen molar-refractivity contribution in [2.45, 2.75) is 43.7 Å². The molecule has 40 heavy (non-hydrogen) atoms. The molecular weight excluding hydrogens is 519 g/mol. The number of rotatable bonds is 9. The number of nitro groups is 1. The molecule has 4 unspecified atom stereocenters. The summed E-state index contributed by atoms with van der Waals surface area (Å²) in [5, 5.41) is 22.1. The molecule has 4 atom stereocenters. The fourth-order valence-electron chi connectivity index (χ4n) is 6.03. The van der Waals surface area contributed by atoms with Gasteiger partial charge in [0.05, 0.1) is 30.2 Å². The van der Waals surface area contributed by atoms with Gasteiger partial charge >= 0.3 is 11.9 Å². The number of nitro benzene ring substituents is 1. The normalized spacial score (nSPS) is 24.4. The van der Waals surface area contributed by atoms with E-state index in [0.29, 0.717) is 18.4 Å². The third-order valence-corrected chi connectivity index (χ3v) is 7.67. The molecule has 0 saturated carbocycles. The summed E-state index contributed by atoms with van der Waals surface area (Å²) in [6.45, 7) is 3.68. The van der Waals surface area contributed by atoms with E-state index >= 15 is 0 Å². The molecule has 1 aliphatic rings. The van der Waals surface area contributed by atoms with Gasteiger partial charge in [0.1, 0.15) is 11.3 Å². The highest BCUT2D eigenvalue weighted by atomic mass is 19.1. The van der Waals surface area contributed by atoms with E-state index in [0.717, 1.165) is 5.56 Å². The molecular formula is C29H29FN4O6. The number of ether oxygens (including phenoxy) is 1. The minimum Gasteiger partial charge on any atom is -0.481 e. The fourth-order valence-corrected chi connectivity index (χ4v) is 6.03. The van der Waals surface area contributed by atoms with E-state index < -0.39 is 39.7 Å². The van der Waals surface area contributed by atoms with Crippen LogP contribution in [0.3, 0.4) is 0 Å². The zero-order valence-corrected chi connectivity index (χ0v) is 22.2. The van der Waals surface area contributed by atoms with Gasteiger partial charge < -0.3 is 14.4 Å². The largest absolute Gasteiger partial charge is 0.481 e. The van der Waals surface area contributed by atoms with Gasteiger partial charge in [-0.15, -0.1) is 0 Å². The lowest BCUT2D eigenvalue weighted by Gasteiger charge is -2.53. The zero-order valence-electron chi connectivity index (χ0n) is 22.2. The van der Waals surface area contributed by atoms with Crippen LogP contribution in [0.5, 0.6) is 0 Å². The molecule has 10 nitrogen and oxygen atoms in total. The second kappa shape index (κ2) is 11.2. The Kier molecular flexibility index (Phi) is 7.94. The average molecular weight is 549 g/mol. The van der Waals surface area contributed by atoms with Crippen LogP contribution >= 0.6 is 0 Å². The minimum absolute atomic E-state index is 0.0789. The molecule has 1 N–H and O–H groups in total. The van der Waals surface area contributed by atoms with Crippen molar-refractivity contribution in [3.05, 3.63) is 106 Å². The zero-order chi connectivity index (χ0) is 29.1. The molecule has 11 heteroatoms. The van der Waals surface area contributed by atoms with Crippen LogP contribution in [0.4, 0.5) is 10.1 Å². The van der Waals surface area contributed by atoms with Gasteiger partial charge in [-0.05, 0) is 37.0 Å². The van der Waals surface area contributed by atoms with Crippen molar-refractivity contribution in [3.63, 3.8) is 0 Å². The molecule has 0 fully saturated rings. The summed E-state index contributed by atoms with van der Waals surface area (Å²) in [5.74, 6) is -4.57. The van der Waals surface area contributed by atoms with Crippen molar-refractivity contribution >= 4 is 23.3 Å². The first kappa shape index (κ1) is 28.3. The van der Waals surface area contributed by atoms with Crippen LogP contribution in [0.1, 0.15) is 42.9 Å². The van der Waals surface area contributed by atoms with E-state index in [1.165, 1.54) is 38.3 Å². The van der Waals surface area contributed by atoms with Gasteiger partial charge in [-0.1, -0.05) is 42.5 Å². The first-order valence-electron chi connectivity index (χ1n) is 12.5. The van der Waals surface area contributed by atoms with Crippen molar-refractivity contribution in [1.29, 1.82) is 0 Å². The van der Waals surface area contributed by atoms with Crippen LogP contribution < -0.4 is 0 Å². The number of nitrogens with zero attached hydrogens (tertiary/aromatic N) is 4. The molecule has 0 radical (unpaired) electrons. The number of carboxylic acid groups (broad SMARTS) is 1. The number of carboxylic acids is 1. The Hall–Kier alpha value is -4.67. The molecule has 0 aliphatic carbocycles. The van der Waals surface area contributed by atoms with E-state index in [-0.39, 0.29) is 23.4 Å². The number of aromatic nitrogens is 2. The molecule has 0 saturated heterocycles. The van der Waals surface area contributed by atoms with Crippen LogP contribution in [0.25, 0.3) is 0 Å². The Morgan fingerprint density at radius 3 is 2.55 bits per heavy atom. The van der Waals surface area contributed by atoms with E-state index in [1.807, 2.05) is 4.57 Å². The molecule has 208 valence electrons. The number of carbonyl (C=O) groups is 2. The molecule has 4 rings (SSSR count). The molecule has 0 bridgehead atoms. The number of benzene rings is 2. The third-order valence-electron chi connectivity index (χ3n) is 7.67. The van der Waals surface area contributed by atoms with E-state index in [1.54, 1.807) is 56.0 Å². The second-order valence-corrected chi connectivity index (χ2v) is 9.97. The third kappa shape index (κ3) is 4.78. The van der Waals surface area contributed by atoms with Gasteiger partial charge in [0.2, 0.25) is 0 Å². The topological polar surface area (TPSA) is 137 Å². The van der Waals surface area contributed by atoms with Crippen molar-refractivity contribution in [1.82, 2.24) is 9.55 Å². The number of aliphatic imine (C=N–C) groups is 1. The standard InChI is InChI=1S/C29H29FN4O6/c1-19-24(26(35)36)25(21-6-4-7-23(16-21)34(38)39)29(27(37)40-3,28(2,32-19)12-5-13-30)22-10-8-20(9-11-22)17-33-15-14-31-18-33/h4-11,13-16,18,24-25H,12,17H2,1-3H3,(H,35,36). The van der Waals surface area contributed by atoms with Gasteiger partial charge in [-0.3, -0.25) is 24.7 Å². The lowest BCUT2D eigenvalue weighted by atomic mass is 9.51. The van der Waals surface area contributed by atoms with Crippen LogP contribution in [0.2, 0.25) is 0 Å². The van der Waals surface area contributed by atoms with Gasteiger partial charge in [0.15, 0.2) is 0 Å². The maximum Gasteiger partial charge on any atom is 0.319 e. The molecule has 2 heterocycles. The maximum atomic E-state index is 14.1. The smallest absolute Gasteiger partial charge is 0.319 e. The Morgan fingerprint density at radius 1 is 1.25 bits per heavy atom. The summed E-state index contributed by atoms with van der Waals surface area (Å²) >= 11 is 0. The highest BCUT2D eigenvalue weighted by Crippen LogP contribution is 2.57. The van der Waals surface area contributed by atoms with Crippen LogP contribution in [0.15, 0.2) is 84.7 Å². The minimum atomic E-state index is -1.81. The van der Waals surface area contributed by atoms with Crippen LogP contribution in [-0.2, 0) is 26.3 Å². The summed E-state index contributed by atoms with van der Waals surface area (Å²) in [6.07, 6.45) is 6.61. The van der Waals surface area contributed by atoms with Crippen molar-refractivity contribution in [2.24, 2.45) is 10.9 Å². The van der Waals surface area contributed by atoms with Gasteiger partial charge in [0.25, 0.3) is 5.69 Å². The number of imidazole rings is 1. The quantitative estimate of drug-likeness (QED) is 0.229. The van der Waals surface area contributed by atoms with Crippen molar-refractivity contribution < 1.29 is 28.7 Å². The lowest BCUT2D eigenvalue weighted by Crippen LogP contribution is -2.63. The number of hydrogen-bond donors (Lipinski definition) is 1. The number of esters is 1. The highest BCUT2D eigenvalue weighted by Gasteiger charge is 2.66. The summed E-state index contributed by atoms with van der Waals surface area (Å²) < 4.78 is 20.7. The number of hydrogen-bond acceptors (Lipinski definition) is 7. The average Bonchev–Trinajstić information content (AvgIpc) is 3.44.